The Balaban J connectivity index is 1.59. The highest BCUT2D eigenvalue weighted by Gasteiger charge is 2.58. The third-order valence-electron chi connectivity index (χ3n) is 5.00. The standard InChI is InChI=1S/C17H17BClN5O5PS/c1-26-13-12-10(6-27-30(18,25)29-12)28-16(13)24-15-11(14(20)21-7-22-15)23-17(24)31-9-4-2-8(19)3-5-9/h2-5,7,10,12-13,16,25H,6H2,1H3,(H2,20,21,22)/q+1/t10-,12-,13-,16-,30?/m1/s1. The summed E-state index contributed by atoms with van der Waals surface area (Å²) in [6.45, 7) is 0.0746. The predicted molar refractivity (Wildman–Crippen MR) is 116 cm³/mol. The molecule has 2 aliphatic rings. The molecule has 0 bridgehead atoms. The van der Waals surface area contributed by atoms with Gasteiger partial charge >= 0.3 is 15.4 Å². The summed E-state index contributed by atoms with van der Waals surface area (Å²) in [5.74, 6) is 0.243. The molecule has 5 atom stereocenters. The van der Waals surface area contributed by atoms with Gasteiger partial charge in [0.1, 0.15) is 25.1 Å². The number of aromatic nitrogens is 4. The number of methoxy groups -OCH3 is 1. The average Bonchev–Trinajstić information content (AvgIpc) is 3.26. The number of hydrogen-bond acceptors (Lipinski definition) is 10. The fraction of sp³-hybridized carbons (Fsp3) is 0.353. The number of imidazole rings is 1. The summed E-state index contributed by atoms with van der Waals surface area (Å²) in [5, 5.41) is 1.19. The van der Waals surface area contributed by atoms with Gasteiger partial charge in [-0.1, -0.05) is 23.4 Å². The first-order valence-corrected chi connectivity index (χ1v) is 12.0. The van der Waals surface area contributed by atoms with E-state index in [-0.39, 0.29) is 12.4 Å². The fourth-order valence-electron chi connectivity index (χ4n) is 3.63. The smallest absolute Gasteiger partial charge is 0.382 e. The van der Waals surface area contributed by atoms with Crippen LogP contribution in [0.2, 0.25) is 5.02 Å². The topological polar surface area (TPSA) is 127 Å². The van der Waals surface area contributed by atoms with Crippen LogP contribution in [0, 0.1) is 0 Å². The SMILES string of the molecule is [B][P+]1(O)OC[C@H]2O[C@@H](n3c(Sc4ccc(Cl)cc4)nc4c(N)ncnc43)[C@H](OC)[C@@H]2O1. The molecular formula is C17H17BClN5O5PS+. The largest absolute Gasteiger partial charge is 0.488 e. The molecule has 1 unspecified atom stereocenters. The van der Waals surface area contributed by atoms with Crippen LogP contribution in [0.3, 0.4) is 0 Å². The molecule has 0 amide bonds. The molecule has 0 aliphatic carbocycles. The van der Waals surface area contributed by atoms with E-state index in [2.05, 4.69) is 15.0 Å². The van der Waals surface area contributed by atoms with Gasteiger partial charge in [-0.2, -0.15) is 9.05 Å². The molecule has 31 heavy (non-hydrogen) atoms. The van der Waals surface area contributed by atoms with Crippen LogP contribution in [0.5, 0.6) is 0 Å². The van der Waals surface area contributed by atoms with Crippen LogP contribution < -0.4 is 5.73 Å². The molecule has 5 rings (SSSR count). The first-order valence-electron chi connectivity index (χ1n) is 9.19. The van der Waals surface area contributed by atoms with E-state index < -0.39 is 32.4 Å². The molecular weight excluding hydrogens is 464 g/mol. The maximum Gasteiger partial charge on any atom is 0.488 e. The van der Waals surface area contributed by atoms with E-state index in [0.29, 0.717) is 21.3 Å². The van der Waals surface area contributed by atoms with Crippen molar-refractivity contribution in [1.82, 2.24) is 19.5 Å². The Morgan fingerprint density at radius 3 is 2.87 bits per heavy atom. The van der Waals surface area contributed by atoms with Crippen molar-refractivity contribution >= 4 is 55.7 Å². The average molecular weight is 481 g/mol. The Hall–Kier alpha value is -1.50. The summed E-state index contributed by atoms with van der Waals surface area (Å²) >= 11 is 7.40. The minimum atomic E-state index is -3.44. The Bertz CT molecular complexity index is 1120. The van der Waals surface area contributed by atoms with Crippen LogP contribution in [0.15, 0.2) is 40.6 Å². The third-order valence-corrected chi connectivity index (χ3v) is 7.30. The van der Waals surface area contributed by atoms with E-state index in [4.69, 9.17) is 43.4 Å². The Morgan fingerprint density at radius 2 is 2.13 bits per heavy atom. The highest BCUT2D eigenvalue weighted by molar-refractivity contribution is 7.99. The van der Waals surface area contributed by atoms with Gasteiger partial charge in [-0.05, 0) is 24.3 Å². The van der Waals surface area contributed by atoms with Crippen molar-refractivity contribution in [2.45, 2.75) is 34.6 Å². The lowest BCUT2D eigenvalue weighted by Gasteiger charge is -2.29. The highest BCUT2D eigenvalue weighted by atomic mass is 35.5. The maximum absolute atomic E-state index is 10.1. The normalized spacial score (nSPS) is 30.5. The zero-order chi connectivity index (χ0) is 21.8. The second-order valence-electron chi connectivity index (χ2n) is 6.95. The summed E-state index contributed by atoms with van der Waals surface area (Å²) in [4.78, 5) is 24.1. The second-order valence-corrected chi connectivity index (χ2v) is 10.0. The number of rotatable bonds is 4. The summed E-state index contributed by atoms with van der Waals surface area (Å²) in [6.07, 6.45) is -1.06. The number of ether oxygens (including phenoxy) is 2. The number of halogens is 1. The van der Waals surface area contributed by atoms with E-state index in [0.717, 1.165) is 4.90 Å². The van der Waals surface area contributed by atoms with E-state index in [9.17, 15) is 4.89 Å². The molecule has 1 aromatic carbocycles. The Morgan fingerprint density at radius 1 is 1.35 bits per heavy atom. The monoisotopic (exact) mass is 480 g/mol. The molecule has 3 N–H and O–H groups in total. The minimum absolute atomic E-state index is 0.0746. The zero-order valence-electron chi connectivity index (χ0n) is 16.2. The number of nitrogens with two attached hydrogens (primary N) is 1. The molecule has 2 aromatic heterocycles. The van der Waals surface area contributed by atoms with Crippen molar-refractivity contribution in [1.29, 1.82) is 0 Å². The fourth-order valence-corrected chi connectivity index (χ4v) is 5.69. The van der Waals surface area contributed by atoms with Crippen LogP contribution in [-0.2, 0) is 18.5 Å². The molecule has 4 heterocycles. The van der Waals surface area contributed by atoms with Crippen LogP contribution in [0.1, 0.15) is 6.23 Å². The molecule has 2 aliphatic heterocycles. The zero-order valence-corrected chi connectivity index (χ0v) is 18.6. The number of nitrogens with zero attached hydrogens (tertiary/aromatic N) is 4. The molecule has 2 radical (unpaired) electrons. The van der Waals surface area contributed by atoms with Crippen molar-refractivity contribution in [2.24, 2.45) is 0 Å². The van der Waals surface area contributed by atoms with Crippen molar-refractivity contribution < 1.29 is 23.4 Å². The van der Waals surface area contributed by atoms with Gasteiger partial charge < -0.3 is 15.2 Å². The quantitative estimate of drug-likeness (QED) is 0.424. The van der Waals surface area contributed by atoms with Crippen molar-refractivity contribution in [3.05, 3.63) is 35.6 Å². The van der Waals surface area contributed by atoms with Crippen molar-refractivity contribution in [3.63, 3.8) is 0 Å². The third kappa shape index (κ3) is 3.92. The molecule has 14 heteroatoms. The number of nitrogen functional groups attached to an aromatic ring is 1. The number of fused-ring (bicyclic) bond motifs is 2. The van der Waals surface area contributed by atoms with E-state index in [1.54, 1.807) is 16.7 Å². The van der Waals surface area contributed by atoms with Gasteiger partial charge in [0.2, 0.25) is 0 Å². The number of benzene rings is 1. The second kappa shape index (κ2) is 8.13. The van der Waals surface area contributed by atoms with Gasteiger partial charge in [-0.3, -0.25) is 4.57 Å². The van der Waals surface area contributed by atoms with Crippen LogP contribution in [0.4, 0.5) is 5.82 Å². The molecule has 160 valence electrons. The Kier molecular flexibility index (Phi) is 5.60. The van der Waals surface area contributed by atoms with Crippen LogP contribution in [-0.4, -0.2) is 64.0 Å². The predicted octanol–water partition coefficient (Wildman–Crippen LogP) is 2.38. The lowest BCUT2D eigenvalue weighted by atomic mass is 10.1. The maximum atomic E-state index is 10.1. The summed E-state index contributed by atoms with van der Waals surface area (Å²) in [6, 6.07) is 7.34. The lowest BCUT2D eigenvalue weighted by Crippen LogP contribution is -2.41. The first kappa shape index (κ1) is 21.4. The van der Waals surface area contributed by atoms with Crippen molar-refractivity contribution in [3.8, 4) is 0 Å². The van der Waals surface area contributed by atoms with E-state index in [1.807, 2.05) is 12.1 Å². The minimum Gasteiger partial charge on any atom is -0.382 e. The van der Waals surface area contributed by atoms with Crippen LogP contribution in [0.25, 0.3) is 11.2 Å². The first-order chi connectivity index (χ1) is 14.9. The lowest BCUT2D eigenvalue weighted by molar-refractivity contribution is -0.0648. The molecule has 2 saturated heterocycles. The summed E-state index contributed by atoms with van der Waals surface area (Å²) in [5.41, 5.74) is 6.97. The van der Waals surface area contributed by atoms with Gasteiger partial charge in [0.15, 0.2) is 34.5 Å². The van der Waals surface area contributed by atoms with Crippen molar-refractivity contribution in [2.75, 3.05) is 19.5 Å². The van der Waals surface area contributed by atoms with Gasteiger partial charge in [0, 0.05) is 17.0 Å². The molecule has 0 saturated carbocycles. The number of anilines is 1. The summed E-state index contributed by atoms with van der Waals surface area (Å²) < 4.78 is 24.5. The molecule has 0 spiro atoms. The molecule has 10 nitrogen and oxygen atoms in total. The van der Waals surface area contributed by atoms with Gasteiger partial charge in [-0.25, -0.2) is 19.8 Å². The number of hydrogen-bond donors (Lipinski definition) is 2. The summed E-state index contributed by atoms with van der Waals surface area (Å²) in [7, 11) is 3.81. The van der Waals surface area contributed by atoms with Gasteiger partial charge in [-0.15, -0.1) is 0 Å². The van der Waals surface area contributed by atoms with Gasteiger partial charge in [0.25, 0.3) is 0 Å². The van der Waals surface area contributed by atoms with E-state index in [1.165, 1.54) is 25.2 Å². The highest BCUT2D eigenvalue weighted by Crippen LogP contribution is 2.59. The molecule has 2 fully saturated rings. The Labute approximate surface area is 188 Å². The van der Waals surface area contributed by atoms with Gasteiger partial charge in [0.05, 0.1) is 0 Å². The molecule has 3 aromatic rings. The van der Waals surface area contributed by atoms with E-state index >= 15 is 0 Å². The van der Waals surface area contributed by atoms with Crippen LogP contribution >= 0.6 is 31.2 Å².